The van der Waals surface area contributed by atoms with E-state index in [-0.39, 0.29) is 29.4 Å². The van der Waals surface area contributed by atoms with Gasteiger partial charge in [0, 0.05) is 38.2 Å². The largest absolute Gasteiger partial charge is 0.497 e. The van der Waals surface area contributed by atoms with Gasteiger partial charge in [-0.1, -0.05) is 25.2 Å². The van der Waals surface area contributed by atoms with Crippen LogP contribution in [-0.4, -0.2) is 74.9 Å². The number of aromatic nitrogens is 1. The molecule has 1 saturated heterocycles. The quantitative estimate of drug-likeness (QED) is 0.363. The Morgan fingerprint density at radius 2 is 1.76 bits per heavy atom. The van der Waals surface area contributed by atoms with Gasteiger partial charge in [0.15, 0.2) is 10.9 Å². The standard InChI is InChI=1S/C26H32F2N4O4S2/c1-4-30(5-2)14-15-32(26-29-24-22(28)16-19(27)17-23(24)37-26)25(33)18-10-12-31(13-11-18)38(34,35)21-8-6-20(36-3)7-9-21/h6-9,16-18H,4-5,10-15H2,1-3H3. The van der Waals surface area contributed by atoms with Gasteiger partial charge in [-0.2, -0.15) is 4.31 Å². The van der Waals surface area contributed by atoms with Crippen molar-refractivity contribution in [3.8, 4) is 5.75 Å². The number of carbonyl (C=O) groups excluding carboxylic acids is 1. The Morgan fingerprint density at radius 3 is 2.37 bits per heavy atom. The summed E-state index contributed by atoms with van der Waals surface area (Å²) in [7, 11) is -2.19. The first-order chi connectivity index (χ1) is 18.2. The molecule has 0 atom stereocenters. The van der Waals surface area contributed by atoms with Gasteiger partial charge < -0.3 is 9.64 Å². The van der Waals surface area contributed by atoms with E-state index in [2.05, 4.69) is 9.88 Å². The molecular formula is C26H32F2N4O4S2. The number of likely N-dealkylation sites (N-methyl/N-ethyl adjacent to an activating group) is 1. The maximum atomic E-state index is 14.4. The van der Waals surface area contributed by atoms with Crippen LogP contribution in [0, 0.1) is 17.6 Å². The zero-order valence-electron chi connectivity index (χ0n) is 21.7. The number of methoxy groups -OCH3 is 1. The van der Waals surface area contributed by atoms with Gasteiger partial charge >= 0.3 is 0 Å². The zero-order valence-corrected chi connectivity index (χ0v) is 23.3. The molecule has 12 heteroatoms. The van der Waals surface area contributed by atoms with Gasteiger partial charge in [-0.3, -0.25) is 9.69 Å². The number of nitrogens with zero attached hydrogens (tertiary/aromatic N) is 4. The number of ether oxygens (including phenoxy) is 1. The average molecular weight is 567 g/mol. The van der Waals surface area contributed by atoms with Crippen molar-refractivity contribution in [2.45, 2.75) is 31.6 Å². The molecule has 3 aromatic rings. The maximum Gasteiger partial charge on any atom is 0.243 e. The maximum absolute atomic E-state index is 14.4. The van der Waals surface area contributed by atoms with Crippen LogP contribution in [0.15, 0.2) is 41.3 Å². The summed E-state index contributed by atoms with van der Waals surface area (Å²) in [6.07, 6.45) is 0.702. The molecule has 1 amide bonds. The molecule has 206 valence electrons. The molecule has 0 bridgehead atoms. The fourth-order valence-corrected chi connectivity index (χ4v) is 7.11. The van der Waals surface area contributed by atoms with Crippen LogP contribution in [0.25, 0.3) is 10.2 Å². The lowest BCUT2D eigenvalue weighted by Gasteiger charge is -2.33. The number of sulfonamides is 1. The number of piperidine rings is 1. The normalized spacial score (nSPS) is 15.3. The van der Waals surface area contributed by atoms with Gasteiger partial charge in [0.1, 0.15) is 17.1 Å². The first kappa shape index (κ1) is 28.3. The fourth-order valence-electron chi connectivity index (χ4n) is 4.60. The van der Waals surface area contributed by atoms with Crippen molar-refractivity contribution in [3.63, 3.8) is 0 Å². The van der Waals surface area contributed by atoms with Gasteiger partial charge in [0.2, 0.25) is 15.9 Å². The molecule has 1 fully saturated rings. The van der Waals surface area contributed by atoms with Crippen molar-refractivity contribution in [2.24, 2.45) is 5.92 Å². The molecule has 0 N–H and O–H groups in total. The molecule has 2 heterocycles. The topological polar surface area (TPSA) is 83.0 Å². The molecule has 1 aliphatic rings. The Kier molecular flexibility index (Phi) is 8.96. The third-order valence-electron chi connectivity index (χ3n) is 6.93. The SMILES string of the molecule is CCN(CC)CCN(C(=O)C1CCN(S(=O)(=O)c2ccc(OC)cc2)CC1)c1nc2c(F)cc(F)cc2s1. The molecule has 0 spiro atoms. The summed E-state index contributed by atoms with van der Waals surface area (Å²) in [5, 5.41) is 0.315. The number of thiazole rings is 1. The van der Waals surface area contributed by atoms with Crippen molar-refractivity contribution >= 4 is 42.6 Å². The van der Waals surface area contributed by atoms with Gasteiger partial charge in [0.05, 0.1) is 16.7 Å². The number of amides is 1. The Hall–Kier alpha value is -2.67. The number of fused-ring (bicyclic) bond motifs is 1. The van der Waals surface area contributed by atoms with Crippen molar-refractivity contribution in [1.82, 2.24) is 14.2 Å². The number of hydrogen-bond donors (Lipinski definition) is 0. The third-order valence-corrected chi connectivity index (χ3v) is 9.87. The van der Waals surface area contributed by atoms with E-state index in [9.17, 15) is 22.0 Å². The van der Waals surface area contributed by atoms with Crippen molar-refractivity contribution in [2.75, 3.05) is 51.3 Å². The summed E-state index contributed by atoms with van der Waals surface area (Å²) >= 11 is 1.08. The molecule has 38 heavy (non-hydrogen) atoms. The van der Waals surface area contributed by atoms with Gasteiger partial charge in [-0.05, 0) is 56.3 Å². The minimum Gasteiger partial charge on any atom is -0.497 e. The van der Waals surface area contributed by atoms with Crippen LogP contribution in [0.2, 0.25) is 0 Å². The lowest BCUT2D eigenvalue weighted by atomic mass is 9.96. The number of rotatable bonds is 10. The minimum atomic E-state index is -3.70. The van der Waals surface area contributed by atoms with Gasteiger partial charge in [-0.25, -0.2) is 22.2 Å². The van der Waals surface area contributed by atoms with E-state index in [4.69, 9.17) is 4.74 Å². The Balaban J connectivity index is 1.52. The number of benzene rings is 2. The van der Waals surface area contributed by atoms with Crippen LogP contribution in [0.3, 0.4) is 0 Å². The predicted molar refractivity (Wildman–Crippen MR) is 144 cm³/mol. The molecule has 8 nitrogen and oxygen atoms in total. The Bertz CT molecular complexity index is 1370. The molecule has 1 aliphatic heterocycles. The summed E-state index contributed by atoms with van der Waals surface area (Å²) in [5.74, 6) is -1.50. The lowest BCUT2D eigenvalue weighted by molar-refractivity contribution is -0.123. The van der Waals surface area contributed by atoms with E-state index >= 15 is 0 Å². The number of carbonyl (C=O) groups is 1. The molecule has 0 unspecified atom stereocenters. The van der Waals surface area contributed by atoms with Crippen LogP contribution in [0.4, 0.5) is 13.9 Å². The molecular weight excluding hydrogens is 534 g/mol. The predicted octanol–water partition coefficient (Wildman–Crippen LogP) is 4.36. The van der Waals surface area contributed by atoms with E-state index in [0.717, 1.165) is 30.5 Å². The zero-order chi connectivity index (χ0) is 27.4. The summed E-state index contributed by atoms with van der Waals surface area (Å²) in [6.45, 7) is 7.02. The van der Waals surface area contributed by atoms with Crippen molar-refractivity contribution in [3.05, 3.63) is 48.0 Å². The summed E-state index contributed by atoms with van der Waals surface area (Å²) in [4.78, 5) is 22.0. The van der Waals surface area contributed by atoms with E-state index in [1.807, 2.05) is 13.8 Å². The van der Waals surface area contributed by atoms with Crippen LogP contribution in [-0.2, 0) is 14.8 Å². The molecule has 0 saturated carbocycles. The number of anilines is 1. The highest BCUT2D eigenvalue weighted by Crippen LogP contribution is 2.33. The highest BCUT2D eigenvalue weighted by molar-refractivity contribution is 7.89. The second-order valence-electron chi connectivity index (χ2n) is 9.10. The van der Waals surface area contributed by atoms with Crippen LogP contribution < -0.4 is 9.64 Å². The van der Waals surface area contributed by atoms with E-state index < -0.39 is 27.6 Å². The monoisotopic (exact) mass is 566 g/mol. The highest BCUT2D eigenvalue weighted by Gasteiger charge is 2.35. The smallest absolute Gasteiger partial charge is 0.243 e. The highest BCUT2D eigenvalue weighted by atomic mass is 32.2. The first-order valence-corrected chi connectivity index (χ1v) is 14.9. The van der Waals surface area contributed by atoms with Gasteiger partial charge in [0.25, 0.3) is 0 Å². The number of hydrogen-bond acceptors (Lipinski definition) is 7. The Labute approximate surface area is 225 Å². The van der Waals surface area contributed by atoms with Crippen LogP contribution in [0.1, 0.15) is 26.7 Å². The summed E-state index contributed by atoms with van der Waals surface area (Å²) in [5.41, 5.74) is 0.0347. The van der Waals surface area contributed by atoms with E-state index in [1.54, 1.807) is 17.0 Å². The van der Waals surface area contributed by atoms with Crippen LogP contribution in [0.5, 0.6) is 5.75 Å². The molecule has 2 aromatic carbocycles. The van der Waals surface area contributed by atoms with Crippen molar-refractivity contribution < 1.29 is 26.7 Å². The van der Waals surface area contributed by atoms with E-state index in [0.29, 0.717) is 41.5 Å². The first-order valence-electron chi connectivity index (χ1n) is 12.6. The summed E-state index contributed by atoms with van der Waals surface area (Å²) in [6, 6.07) is 8.22. The molecule has 0 aliphatic carbocycles. The van der Waals surface area contributed by atoms with Crippen LogP contribution >= 0.6 is 11.3 Å². The lowest BCUT2D eigenvalue weighted by Crippen LogP contribution is -2.46. The second-order valence-corrected chi connectivity index (χ2v) is 12.0. The summed E-state index contributed by atoms with van der Waals surface area (Å²) < 4.78 is 61.3. The van der Waals surface area contributed by atoms with Crippen molar-refractivity contribution in [1.29, 1.82) is 0 Å². The fraction of sp³-hybridized carbons (Fsp3) is 0.462. The number of halogens is 2. The average Bonchev–Trinajstić information content (AvgIpc) is 3.35. The molecule has 0 radical (unpaired) electrons. The molecule has 4 rings (SSSR count). The molecule has 1 aromatic heterocycles. The third kappa shape index (κ3) is 5.98. The Morgan fingerprint density at radius 1 is 1.11 bits per heavy atom. The van der Waals surface area contributed by atoms with E-state index in [1.165, 1.54) is 29.6 Å². The minimum absolute atomic E-state index is 0.0347. The van der Waals surface area contributed by atoms with Gasteiger partial charge in [-0.15, -0.1) is 0 Å². The second kappa shape index (κ2) is 12.0.